The summed E-state index contributed by atoms with van der Waals surface area (Å²) in [5.41, 5.74) is 2.03. The molecule has 106 valence electrons. The molecule has 0 aromatic heterocycles. The van der Waals surface area contributed by atoms with Crippen molar-refractivity contribution in [3.63, 3.8) is 0 Å². The molecule has 0 aliphatic rings. The lowest BCUT2D eigenvalue weighted by Crippen LogP contribution is -2.24. The van der Waals surface area contributed by atoms with Gasteiger partial charge in [0.15, 0.2) is 0 Å². The van der Waals surface area contributed by atoms with E-state index in [1.54, 1.807) is 12.1 Å². The molecule has 0 aliphatic heterocycles. The molecule has 2 rings (SSSR count). The van der Waals surface area contributed by atoms with Crippen molar-refractivity contribution in [2.24, 2.45) is 0 Å². The normalized spacial score (nSPS) is 10.8. The van der Waals surface area contributed by atoms with Crippen LogP contribution in [0.15, 0.2) is 48.5 Å². The van der Waals surface area contributed by atoms with Crippen LogP contribution < -0.4 is 5.32 Å². The molecular formula is C16H18ClFN2. The van der Waals surface area contributed by atoms with Gasteiger partial charge in [0.2, 0.25) is 0 Å². The SMILES string of the molecule is CN(CCNc1ccc(Cl)cc1)Cc1cccc(F)c1. The summed E-state index contributed by atoms with van der Waals surface area (Å²) in [5.74, 6) is -0.185. The van der Waals surface area contributed by atoms with Crippen LogP contribution >= 0.6 is 11.6 Å². The molecule has 0 fully saturated rings. The zero-order valence-electron chi connectivity index (χ0n) is 11.4. The summed E-state index contributed by atoms with van der Waals surface area (Å²) < 4.78 is 13.1. The molecule has 1 N–H and O–H groups in total. The monoisotopic (exact) mass is 292 g/mol. The van der Waals surface area contributed by atoms with E-state index in [9.17, 15) is 4.39 Å². The van der Waals surface area contributed by atoms with Crippen LogP contribution in [0.5, 0.6) is 0 Å². The highest BCUT2D eigenvalue weighted by Gasteiger charge is 2.01. The first kappa shape index (κ1) is 14.8. The summed E-state index contributed by atoms with van der Waals surface area (Å²) in [6.45, 7) is 2.44. The number of halogens is 2. The van der Waals surface area contributed by atoms with Gasteiger partial charge in [-0.25, -0.2) is 4.39 Å². The number of likely N-dealkylation sites (N-methyl/N-ethyl adjacent to an activating group) is 1. The third-order valence-corrected chi connectivity index (χ3v) is 3.26. The minimum absolute atomic E-state index is 0.185. The Morgan fingerprint density at radius 1 is 1.15 bits per heavy atom. The second kappa shape index (κ2) is 7.27. The van der Waals surface area contributed by atoms with Gasteiger partial charge in [-0.1, -0.05) is 23.7 Å². The van der Waals surface area contributed by atoms with E-state index < -0.39 is 0 Å². The quantitative estimate of drug-likeness (QED) is 0.865. The first-order valence-corrected chi connectivity index (χ1v) is 6.94. The van der Waals surface area contributed by atoms with E-state index in [2.05, 4.69) is 10.2 Å². The average molecular weight is 293 g/mol. The highest BCUT2D eigenvalue weighted by Crippen LogP contribution is 2.13. The molecule has 20 heavy (non-hydrogen) atoms. The Hall–Kier alpha value is -1.58. The predicted molar refractivity (Wildman–Crippen MR) is 82.7 cm³/mol. The Balaban J connectivity index is 1.75. The van der Waals surface area contributed by atoms with Gasteiger partial charge >= 0.3 is 0 Å². The standard InChI is InChI=1S/C16H18ClFN2/c1-20(12-13-3-2-4-15(18)11-13)10-9-19-16-7-5-14(17)6-8-16/h2-8,11,19H,9-10,12H2,1H3. The largest absolute Gasteiger partial charge is 0.384 e. The molecule has 0 atom stereocenters. The summed E-state index contributed by atoms with van der Waals surface area (Å²) in [6.07, 6.45) is 0. The van der Waals surface area contributed by atoms with Crippen LogP contribution in [0, 0.1) is 5.82 Å². The molecule has 2 nitrogen and oxygen atoms in total. The average Bonchev–Trinajstić information content (AvgIpc) is 2.41. The summed E-state index contributed by atoms with van der Waals surface area (Å²) in [7, 11) is 2.02. The third-order valence-electron chi connectivity index (χ3n) is 3.01. The first-order valence-electron chi connectivity index (χ1n) is 6.56. The Bertz CT molecular complexity index is 542. The lowest BCUT2D eigenvalue weighted by molar-refractivity contribution is 0.339. The lowest BCUT2D eigenvalue weighted by atomic mass is 10.2. The Labute approximate surface area is 124 Å². The minimum atomic E-state index is -0.185. The first-order chi connectivity index (χ1) is 9.63. The van der Waals surface area contributed by atoms with Crippen molar-refractivity contribution >= 4 is 17.3 Å². The van der Waals surface area contributed by atoms with Crippen molar-refractivity contribution in [3.05, 3.63) is 64.9 Å². The Morgan fingerprint density at radius 3 is 2.60 bits per heavy atom. The zero-order valence-corrected chi connectivity index (χ0v) is 12.2. The topological polar surface area (TPSA) is 15.3 Å². The highest BCUT2D eigenvalue weighted by atomic mass is 35.5. The molecule has 0 aliphatic carbocycles. The minimum Gasteiger partial charge on any atom is -0.384 e. The van der Waals surface area contributed by atoms with E-state index in [1.165, 1.54) is 6.07 Å². The molecule has 2 aromatic carbocycles. The fraction of sp³-hybridized carbons (Fsp3) is 0.250. The third kappa shape index (κ3) is 4.83. The smallest absolute Gasteiger partial charge is 0.123 e. The molecule has 0 unspecified atom stereocenters. The number of rotatable bonds is 6. The molecule has 4 heteroatoms. The van der Waals surface area contributed by atoms with E-state index in [4.69, 9.17) is 11.6 Å². The molecule has 0 heterocycles. The Morgan fingerprint density at radius 2 is 1.90 bits per heavy atom. The van der Waals surface area contributed by atoms with Crippen LogP contribution in [0.2, 0.25) is 5.02 Å². The van der Waals surface area contributed by atoms with Crippen LogP contribution in [-0.2, 0) is 6.54 Å². The number of hydrogen-bond donors (Lipinski definition) is 1. The van der Waals surface area contributed by atoms with Crippen molar-refractivity contribution in [1.29, 1.82) is 0 Å². The van der Waals surface area contributed by atoms with Crippen LogP contribution in [0.1, 0.15) is 5.56 Å². The van der Waals surface area contributed by atoms with Crippen molar-refractivity contribution in [1.82, 2.24) is 4.90 Å². The van der Waals surface area contributed by atoms with Crippen molar-refractivity contribution in [2.45, 2.75) is 6.54 Å². The van der Waals surface area contributed by atoms with Crippen LogP contribution in [-0.4, -0.2) is 25.0 Å². The predicted octanol–water partition coefficient (Wildman–Crippen LogP) is 4.02. The number of benzene rings is 2. The van der Waals surface area contributed by atoms with E-state index in [0.717, 1.165) is 35.9 Å². The number of hydrogen-bond acceptors (Lipinski definition) is 2. The fourth-order valence-electron chi connectivity index (χ4n) is 1.98. The lowest BCUT2D eigenvalue weighted by Gasteiger charge is -2.17. The zero-order chi connectivity index (χ0) is 14.4. The molecular weight excluding hydrogens is 275 g/mol. The second-order valence-corrected chi connectivity index (χ2v) is 5.24. The summed E-state index contributed by atoms with van der Waals surface area (Å²) in [4.78, 5) is 2.15. The van der Waals surface area contributed by atoms with Gasteiger partial charge < -0.3 is 10.2 Å². The maximum absolute atomic E-state index is 13.1. The van der Waals surface area contributed by atoms with Gasteiger partial charge in [0.1, 0.15) is 5.82 Å². The van der Waals surface area contributed by atoms with Crippen molar-refractivity contribution < 1.29 is 4.39 Å². The van der Waals surface area contributed by atoms with Gasteiger partial charge in [0.25, 0.3) is 0 Å². The van der Waals surface area contributed by atoms with E-state index in [0.29, 0.717) is 0 Å². The van der Waals surface area contributed by atoms with Crippen molar-refractivity contribution in [2.75, 3.05) is 25.5 Å². The molecule has 0 amide bonds. The van der Waals surface area contributed by atoms with Crippen molar-refractivity contribution in [3.8, 4) is 0 Å². The fourth-order valence-corrected chi connectivity index (χ4v) is 2.11. The van der Waals surface area contributed by atoms with Gasteiger partial charge in [0, 0.05) is 30.3 Å². The van der Waals surface area contributed by atoms with Gasteiger partial charge in [-0.3, -0.25) is 0 Å². The second-order valence-electron chi connectivity index (χ2n) is 4.80. The summed E-state index contributed by atoms with van der Waals surface area (Å²) in [6, 6.07) is 14.3. The summed E-state index contributed by atoms with van der Waals surface area (Å²) >= 11 is 5.83. The van der Waals surface area contributed by atoms with E-state index in [1.807, 2.05) is 37.4 Å². The van der Waals surface area contributed by atoms with Crippen LogP contribution in [0.25, 0.3) is 0 Å². The maximum atomic E-state index is 13.1. The van der Waals surface area contributed by atoms with Gasteiger partial charge in [-0.15, -0.1) is 0 Å². The Kier molecular flexibility index (Phi) is 5.39. The maximum Gasteiger partial charge on any atom is 0.123 e. The molecule has 0 saturated heterocycles. The number of nitrogens with one attached hydrogen (secondary N) is 1. The van der Waals surface area contributed by atoms with Crippen LogP contribution in [0.3, 0.4) is 0 Å². The number of anilines is 1. The van der Waals surface area contributed by atoms with Gasteiger partial charge in [0.05, 0.1) is 0 Å². The van der Waals surface area contributed by atoms with Gasteiger partial charge in [-0.2, -0.15) is 0 Å². The molecule has 0 bridgehead atoms. The van der Waals surface area contributed by atoms with E-state index >= 15 is 0 Å². The molecule has 0 spiro atoms. The molecule has 0 radical (unpaired) electrons. The van der Waals surface area contributed by atoms with Crippen LogP contribution in [0.4, 0.5) is 10.1 Å². The van der Waals surface area contributed by atoms with E-state index in [-0.39, 0.29) is 5.82 Å². The number of nitrogens with zero attached hydrogens (tertiary/aromatic N) is 1. The molecule has 0 saturated carbocycles. The summed E-state index contributed by atoms with van der Waals surface area (Å²) in [5, 5.41) is 4.06. The highest BCUT2D eigenvalue weighted by molar-refractivity contribution is 6.30. The van der Waals surface area contributed by atoms with Gasteiger partial charge in [-0.05, 0) is 49.0 Å². The molecule has 2 aromatic rings.